The standard InChI is InChI=1S/C13H14ClN3S2/c1-2-6-15-13-17(7-8-19-13)12(18)16-11-5-3-4-10(14)9-11/h2-5,9H,1,6-8H2,(H,16,18)/b15-13-. The van der Waals surface area contributed by atoms with E-state index in [2.05, 4.69) is 16.9 Å². The molecule has 0 atom stereocenters. The van der Waals surface area contributed by atoms with Crippen molar-refractivity contribution in [2.75, 3.05) is 24.2 Å². The average Bonchev–Trinajstić information content (AvgIpc) is 2.84. The molecule has 0 unspecified atom stereocenters. The van der Waals surface area contributed by atoms with Crippen molar-refractivity contribution in [3.63, 3.8) is 0 Å². The molecule has 1 fully saturated rings. The van der Waals surface area contributed by atoms with Gasteiger partial charge in [-0.15, -0.1) is 6.58 Å². The van der Waals surface area contributed by atoms with E-state index in [4.69, 9.17) is 23.8 Å². The number of benzene rings is 1. The summed E-state index contributed by atoms with van der Waals surface area (Å²) in [5.41, 5.74) is 0.887. The number of rotatable bonds is 3. The predicted molar refractivity (Wildman–Crippen MR) is 89.3 cm³/mol. The minimum Gasteiger partial charge on any atom is -0.332 e. The van der Waals surface area contributed by atoms with Gasteiger partial charge >= 0.3 is 0 Å². The van der Waals surface area contributed by atoms with Gasteiger partial charge in [0, 0.05) is 23.0 Å². The van der Waals surface area contributed by atoms with Crippen LogP contribution in [0.4, 0.5) is 5.69 Å². The molecule has 1 N–H and O–H groups in total. The van der Waals surface area contributed by atoms with Crippen LogP contribution in [-0.2, 0) is 0 Å². The van der Waals surface area contributed by atoms with E-state index in [-0.39, 0.29) is 0 Å². The van der Waals surface area contributed by atoms with Crippen LogP contribution in [0.3, 0.4) is 0 Å². The normalized spacial score (nSPS) is 16.7. The number of hydrogen-bond acceptors (Lipinski definition) is 3. The highest BCUT2D eigenvalue weighted by Gasteiger charge is 2.22. The van der Waals surface area contributed by atoms with Gasteiger partial charge in [-0.05, 0) is 30.4 Å². The fourth-order valence-corrected chi connectivity index (χ4v) is 3.13. The lowest BCUT2D eigenvalue weighted by atomic mass is 10.3. The first-order valence-corrected chi connectivity index (χ1v) is 7.60. The molecule has 1 aliphatic rings. The predicted octanol–water partition coefficient (Wildman–Crippen LogP) is 3.63. The van der Waals surface area contributed by atoms with Crippen molar-refractivity contribution in [1.29, 1.82) is 0 Å². The molecule has 0 amide bonds. The summed E-state index contributed by atoms with van der Waals surface area (Å²) in [5, 5.41) is 5.46. The molecule has 100 valence electrons. The fraction of sp³-hybridized carbons (Fsp3) is 0.231. The number of thioether (sulfide) groups is 1. The largest absolute Gasteiger partial charge is 0.332 e. The maximum absolute atomic E-state index is 5.95. The van der Waals surface area contributed by atoms with E-state index >= 15 is 0 Å². The van der Waals surface area contributed by atoms with Gasteiger partial charge in [-0.2, -0.15) is 0 Å². The van der Waals surface area contributed by atoms with Crippen molar-refractivity contribution in [2.45, 2.75) is 0 Å². The van der Waals surface area contributed by atoms with Gasteiger partial charge in [-0.1, -0.05) is 35.5 Å². The zero-order valence-corrected chi connectivity index (χ0v) is 12.7. The first kappa shape index (κ1) is 14.4. The highest BCUT2D eigenvalue weighted by atomic mass is 35.5. The van der Waals surface area contributed by atoms with E-state index in [9.17, 15) is 0 Å². The second kappa shape index (κ2) is 6.93. The molecule has 6 heteroatoms. The number of halogens is 1. The molecule has 1 aromatic rings. The number of aliphatic imine (C=N–C) groups is 1. The fourth-order valence-electron chi connectivity index (χ4n) is 1.62. The number of hydrogen-bond donors (Lipinski definition) is 1. The third-order valence-electron chi connectivity index (χ3n) is 2.45. The van der Waals surface area contributed by atoms with Gasteiger partial charge in [0.1, 0.15) is 0 Å². The van der Waals surface area contributed by atoms with Crippen molar-refractivity contribution in [2.24, 2.45) is 4.99 Å². The molecule has 0 saturated carbocycles. The quantitative estimate of drug-likeness (QED) is 0.681. The lowest BCUT2D eigenvalue weighted by Gasteiger charge is -2.20. The Bertz CT molecular complexity index is 516. The van der Waals surface area contributed by atoms with Crippen LogP contribution in [0.25, 0.3) is 0 Å². The van der Waals surface area contributed by atoms with Crippen LogP contribution >= 0.6 is 35.6 Å². The molecule has 1 saturated heterocycles. The zero-order chi connectivity index (χ0) is 13.7. The molecular formula is C13H14ClN3S2. The van der Waals surface area contributed by atoms with Crippen LogP contribution in [0.15, 0.2) is 41.9 Å². The lowest BCUT2D eigenvalue weighted by molar-refractivity contribution is 0.685. The first-order chi connectivity index (χ1) is 9.20. The summed E-state index contributed by atoms with van der Waals surface area (Å²) in [6.07, 6.45) is 1.78. The van der Waals surface area contributed by atoms with Crippen LogP contribution < -0.4 is 5.32 Å². The van der Waals surface area contributed by atoms with E-state index < -0.39 is 0 Å². The van der Waals surface area contributed by atoms with Gasteiger partial charge in [-0.3, -0.25) is 9.89 Å². The molecule has 0 spiro atoms. The summed E-state index contributed by atoms with van der Waals surface area (Å²) in [6.45, 7) is 5.15. The molecule has 0 radical (unpaired) electrons. The summed E-state index contributed by atoms with van der Waals surface area (Å²) in [4.78, 5) is 6.44. The highest BCUT2D eigenvalue weighted by molar-refractivity contribution is 8.14. The van der Waals surface area contributed by atoms with Crippen LogP contribution in [0.5, 0.6) is 0 Å². The monoisotopic (exact) mass is 311 g/mol. The third-order valence-corrected chi connectivity index (χ3v) is 4.01. The number of thiocarbonyl (C=S) groups is 1. The van der Waals surface area contributed by atoms with E-state index in [1.807, 2.05) is 29.2 Å². The molecule has 0 bridgehead atoms. The van der Waals surface area contributed by atoms with Crippen LogP contribution in [0, 0.1) is 0 Å². The van der Waals surface area contributed by atoms with Crippen molar-refractivity contribution in [1.82, 2.24) is 4.90 Å². The minimum absolute atomic E-state index is 0.610. The van der Waals surface area contributed by atoms with Crippen molar-refractivity contribution < 1.29 is 0 Å². The SMILES string of the molecule is C=CC/N=C1\SCCN1C(=S)Nc1cccc(Cl)c1. The molecule has 0 aliphatic carbocycles. The Labute approximate surface area is 127 Å². The molecule has 0 aromatic heterocycles. The Balaban J connectivity index is 2.05. The Morgan fingerprint density at radius 1 is 1.63 bits per heavy atom. The zero-order valence-electron chi connectivity index (χ0n) is 10.3. The first-order valence-electron chi connectivity index (χ1n) is 5.83. The second-order valence-corrected chi connectivity index (χ2v) is 5.74. The van der Waals surface area contributed by atoms with Gasteiger partial charge in [0.15, 0.2) is 10.3 Å². The van der Waals surface area contributed by atoms with Crippen LogP contribution in [-0.4, -0.2) is 34.0 Å². The number of nitrogens with one attached hydrogen (secondary N) is 1. The van der Waals surface area contributed by atoms with Crippen molar-refractivity contribution >= 4 is 51.5 Å². The number of amidine groups is 1. The summed E-state index contributed by atoms with van der Waals surface area (Å²) >= 11 is 13.1. The third kappa shape index (κ3) is 3.96. The molecule has 1 aromatic carbocycles. The summed E-state index contributed by atoms with van der Waals surface area (Å²) in [6, 6.07) is 7.50. The number of anilines is 1. The molecule has 3 nitrogen and oxygen atoms in total. The van der Waals surface area contributed by atoms with E-state index in [1.54, 1.807) is 17.8 Å². The minimum atomic E-state index is 0.610. The van der Waals surface area contributed by atoms with Gasteiger partial charge in [0.25, 0.3) is 0 Å². The lowest BCUT2D eigenvalue weighted by Crippen LogP contribution is -2.35. The Morgan fingerprint density at radius 2 is 2.47 bits per heavy atom. The van der Waals surface area contributed by atoms with E-state index in [1.165, 1.54) is 0 Å². The molecule has 1 heterocycles. The molecular weight excluding hydrogens is 298 g/mol. The number of nitrogens with zero attached hydrogens (tertiary/aromatic N) is 2. The second-order valence-electron chi connectivity index (χ2n) is 3.85. The average molecular weight is 312 g/mol. The van der Waals surface area contributed by atoms with E-state index in [0.717, 1.165) is 23.2 Å². The summed E-state index contributed by atoms with van der Waals surface area (Å²) in [7, 11) is 0. The summed E-state index contributed by atoms with van der Waals surface area (Å²) < 4.78 is 0. The van der Waals surface area contributed by atoms with Gasteiger partial charge in [0.05, 0.1) is 6.54 Å². The topological polar surface area (TPSA) is 27.6 Å². The van der Waals surface area contributed by atoms with Gasteiger partial charge in [-0.25, -0.2) is 0 Å². The highest BCUT2D eigenvalue weighted by Crippen LogP contribution is 2.21. The smallest absolute Gasteiger partial charge is 0.179 e. The Hall–Kier alpha value is -1.04. The Morgan fingerprint density at radius 3 is 3.21 bits per heavy atom. The summed E-state index contributed by atoms with van der Waals surface area (Å²) in [5.74, 6) is 0.993. The maximum Gasteiger partial charge on any atom is 0.179 e. The molecule has 19 heavy (non-hydrogen) atoms. The Kier molecular flexibility index (Phi) is 5.24. The van der Waals surface area contributed by atoms with E-state index in [0.29, 0.717) is 16.7 Å². The van der Waals surface area contributed by atoms with Gasteiger partial charge < -0.3 is 5.32 Å². The molecule has 2 rings (SSSR count). The van der Waals surface area contributed by atoms with Crippen LogP contribution in [0.2, 0.25) is 5.02 Å². The molecule has 1 aliphatic heterocycles. The van der Waals surface area contributed by atoms with Crippen molar-refractivity contribution in [3.8, 4) is 0 Å². The van der Waals surface area contributed by atoms with Crippen molar-refractivity contribution in [3.05, 3.63) is 41.9 Å². The van der Waals surface area contributed by atoms with Gasteiger partial charge in [0.2, 0.25) is 0 Å². The maximum atomic E-state index is 5.95. The van der Waals surface area contributed by atoms with Crippen LogP contribution in [0.1, 0.15) is 0 Å².